The first kappa shape index (κ1) is 14.4. The second-order valence-corrected chi connectivity index (χ2v) is 7.75. The summed E-state index contributed by atoms with van der Waals surface area (Å²) in [6.45, 7) is 10.5. The fraction of sp³-hybridized carbons (Fsp3) is 1.00. The van der Waals surface area contributed by atoms with Gasteiger partial charge in [0.15, 0.2) is 0 Å². The maximum atomic E-state index is 3.73. The number of nitrogens with one attached hydrogen (secondary N) is 1. The molecule has 2 aliphatic carbocycles. The lowest BCUT2D eigenvalue weighted by Crippen LogP contribution is -2.46. The Morgan fingerprint density at radius 1 is 0.889 bits per heavy atom. The van der Waals surface area contributed by atoms with Crippen molar-refractivity contribution in [3.05, 3.63) is 0 Å². The van der Waals surface area contributed by atoms with Crippen LogP contribution in [-0.4, -0.2) is 12.1 Å². The van der Waals surface area contributed by atoms with Crippen LogP contribution in [0.3, 0.4) is 0 Å². The van der Waals surface area contributed by atoms with Gasteiger partial charge in [-0.15, -0.1) is 0 Å². The molecule has 1 N–H and O–H groups in total. The highest BCUT2D eigenvalue weighted by atomic mass is 14.9. The van der Waals surface area contributed by atoms with Crippen molar-refractivity contribution >= 4 is 0 Å². The van der Waals surface area contributed by atoms with Crippen molar-refractivity contribution in [2.45, 2.75) is 78.2 Å². The Balaban J connectivity index is 1.84. The maximum Gasteiger partial charge on any atom is 0.00966 e. The Labute approximate surface area is 114 Å². The zero-order chi connectivity index (χ0) is 13.2. The topological polar surface area (TPSA) is 12.0 Å². The van der Waals surface area contributed by atoms with E-state index >= 15 is 0 Å². The molecule has 0 saturated heterocycles. The van der Waals surface area contributed by atoms with Crippen LogP contribution in [0, 0.1) is 23.7 Å². The normalized spacial score (nSPS) is 37.3. The molecule has 0 aromatic heterocycles. The van der Waals surface area contributed by atoms with Gasteiger partial charge >= 0.3 is 0 Å². The standard InChI is InChI=1S/C17H33N/c1-5-13-8-6-7-9-15(13)16-11-10-14(16)12-18-17(2,3)4/h13-16,18H,5-12H2,1-4H3. The molecule has 18 heavy (non-hydrogen) atoms. The lowest BCUT2D eigenvalue weighted by molar-refractivity contribution is 0.0364. The van der Waals surface area contributed by atoms with E-state index in [0.29, 0.717) is 0 Å². The predicted molar refractivity (Wildman–Crippen MR) is 79.7 cm³/mol. The van der Waals surface area contributed by atoms with Crippen LogP contribution in [0.15, 0.2) is 0 Å². The molecule has 106 valence electrons. The lowest BCUT2D eigenvalue weighted by Gasteiger charge is -2.47. The maximum absolute atomic E-state index is 3.73. The Hall–Kier alpha value is -0.0400. The molecule has 2 saturated carbocycles. The third-order valence-electron chi connectivity index (χ3n) is 5.41. The summed E-state index contributed by atoms with van der Waals surface area (Å²) in [4.78, 5) is 0. The molecular formula is C17H33N. The summed E-state index contributed by atoms with van der Waals surface area (Å²) in [6, 6.07) is 0. The molecule has 0 radical (unpaired) electrons. The second kappa shape index (κ2) is 5.94. The van der Waals surface area contributed by atoms with Crippen LogP contribution in [0.1, 0.15) is 72.6 Å². The molecular weight excluding hydrogens is 218 g/mol. The average Bonchev–Trinajstić information content (AvgIpc) is 2.27. The van der Waals surface area contributed by atoms with Crippen molar-refractivity contribution in [1.29, 1.82) is 0 Å². The fourth-order valence-corrected chi connectivity index (χ4v) is 4.16. The summed E-state index contributed by atoms with van der Waals surface area (Å²) in [5.74, 6) is 4.12. The van der Waals surface area contributed by atoms with Crippen LogP contribution in [0.4, 0.5) is 0 Å². The van der Waals surface area contributed by atoms with E-state index in [9.17, 15) is 0 Å². The van der Waals surface area contributed by atoms with E-state index in [2.05, 4.69) is 33.0 Å². The SMILES string of the molecule is CCC1CCCCC1C1CCC1CNC(C)(C)C. The molecule has 1 nitrogen and oxygen atoms in total. The molecule has 2 rings (SSSR count). The van der Waals surface area contributed by atoms with Gasteiger partial charge in [0, 0.05) is 5.54 Å². The van der Waals surface area contributed by atoms with E-state index in [-0.39, 0.29) is 5.54 Å². The molecule has 0 aromatic rings. The van der Waals surface area contributed by atoms with Gasteiger partial charge in [-0.3, -0.25) is 0 Å². The third kappa shape index (κ3) is 3.50. The average molecular weight is 251 g/mol. The van der Waals surface area contributed by atoms with Gasteiger partial charge in [0.1, 0.15) is 0 Å². The third-order valence-corrected chi connectivity index (χ3v) is 5.41. The van der Waals surface area contributed by atoms with E-state index < -0.39 is 0 Å². The molecule has 1 heteroatoms. The number of rotatable bonds is 4. The van der Waals surface area contributed by atoms with Gasteiger partial charge in [-0.2, -0.15) is 0 Å². The largest absolute Gasteiger partial charge is 0.312 e. The van der Waals surface area contributed by atoms with Crippen molar-refractivity contribution in [3.63, 3.8) is 0 Å². The summed E-state index contributed by atoms with van der Waals surface area (Å²) in [5, 5.41) is 3.73. The molecule has 0 aromatic carbocycles. The van der Waals surface area contributed by atoms with Crippen LogP contribution in [-0.2, 0) is 0 Å². The molecule has 2 fully saturated rings. The minimum Gasteiger partial charge on any atom is -0.312 e. The zero-order valence-corrected chi connectivity index (χ0v) is 13.0. The Morgan fingerprint density at radius 3 is 2.11 bits per heavy atom. The summed E-state index contributed by atoms with van der Waals surface area (Å²) < 4.78 is 0. The quantitative estimate of drug-likeness (QED) is 0.769. The first-order valence-corrected chi connectivity index (χ1v) is 8.26. The Bertz CT molecular complexity index is 253. The molecule has 0 aliphatic heterocycles. The zero-order valence-electron chi connectivity index (χ0n) is 13.0. The molecule has 2 aliphatic rings. The number of hydrogen-bond acceptors (Lipinski definition) is 1. The van der Waals surface area contributed by atoms with E-state index in [1.165, 1.54) is 51.5 Å². The van der Waals surface area contributed by atoms with Gasteiger partial charge in [-0.05, 0) is 70.3 Å². The summed E-state index contributed by atoms with van der Waals surface area (Å²) in [7, 11) is 0. The highest BCUT2D eigenvalue weighted by Crippen LogP contribution is 2.48. The van der Waals surface area contributed by atoms with Crippen LogP contribution in [0.2, 0.25) is 0 Å². The molecule has 4 unspecified atom stereocenters. The van der Waals surface area contributed by atoms with Gasteiger partial charge in [-0.25, -0.2) is 0 Å². The predicted octanol–water partition coefficient (Wildman–Crippen LogP) is 4.62. The molecule has 0 bridgehead atoms. The Kier molecular flexibility index (Phi) is 4.75. The highest BCUT2D eigenvalue weighted by Gasteiger charge is 2.40. The summed E-state index contributed by atoms with van der Waals surface area (Å²) >= 11 is 0. The van der Waals surface area contributed by atoms with Crippen LogP contribution in [0.25, 0.3) is 0 Å². The van der Waals surface area contributed by atoms with Crippen molar-refractivity contribution in [1.82, 2.24) is 5.32 Å². The summed E-state index contributed by atoms with van der Waals surface area (Å²) in [6.07, 6.45) is 10.4. The minimum absolute atomic E-state index is 0.289. The van der Waals surface area contributed by atoms with Gasteiger partial charge in [0.25, 0.3) is 0 Å². The second-order valence-electron chi connectivity index (χ2n) is 7.75. The van der Waals surface area contributed by atoms with E-state index in [4.69, 9.17) is 0 Å². The van der Waals surface area contributed by atoms with Crippen LogP contribution < -0.4 is 5.32 Å². The lowest BCUT2D eigenvalue weighted by atomic mass is 9.59. The Morgan fingerprint density at radius 2 is 1.56 bits per heavy atom. The van der Waals surface area contributed by atoms with Crippen molar-refractivity contribution in [2.75, 3.05) is 6.54 Å². The van der Waals surface area contributed by atoms with Crippen molar-refractivity contribution in [2.24, 2.45) is 23.7 Å². The fourth-order valence-electron chi connectivity index (χ4n) is 4.16. The van der Waals surface area contributed by atoms with E-state index in [1.807, 2.05) is 0 Å². The highest BCUT2D eigenvalue weighted by molar-refractivity contribution is 4.92. The molecule has 0 spiro atoms. The van der Waals surface area contributed by atoms with E-state index in [0.717, 1.165) is 23.7 Å². The minimum atomic E-state index is 0.289. The molecule has 0 amide bonds. The smallest absolute Gasteiger partial charge is 0.00966 e. The van der Waals surface area contributed by atoms with Gasteiger partial charge in [0.05, 0.1) is 0 Å². The summed E-state index contributed by atoms with van der Waals surface area (Å²) in [5.41, 5.74) is 0.289. The first-order chi connectivity index (χ1) is 8.51. The van der Waals surface area contributed by atoms with Crippen molar-refractivity contribution in [3.8, 4) is 0 Å². The molecule has 4 atom stereocenters. The van der Waals surface area contributed by atoms with Crippen molar-refractivity contribution < 1.29 is 0 Å². The van der Waals surface area contributed by atoms with Crippen LogP contribution in [0.5, 0.6) is 0 Å². The molecule has 0 heterocycles. The first-order valence-electron chi connectivity index (χ1n) is 8.26. The van der Waals surface area contributed by atoms with Gasteiger partial charge in [-0.1, -0.05) is 32.6 Å². The monoisotopic (exact) mass is 251 g/mol. The van der Waals surface area contributed by atoms with Gasteiger partial charge in [0.2, 0.25) is 0 Å². The van der Waals surface area contributed by atoms with Crippen LogP contribution >= 0.6 is 0 Å². The van der Waals surface area contributed by atoms with E-state index in [1.54, 1.807) is 0 Å². The number of hydrogen-bond donors (Lipinski definition) is 1. The van der Waals surface area contributed by atoms with Gasteiger partial charge < -0.3 is 5.32 Å².